The first-order valence-corrected chi connectivity index (χ1v) is 6.57. The zero-order valence-electron chi connectivity index (χ0n) is 11.5. The average Bonchev–Trinajstić information content (AvgIpc) is 2.29. The zero-order chi connectivity index (χ0) is 12.7. The molecule has 0 saturated heterocycles. The highest BCUT2D eigenvalue weighted by atomic mass is 16.5. The van der Waals surface area contributed by atoms with Crippen molar-refractivity contribution in [2.24, 2.45) is 5.92 Å². The summed E-state index contributed by atoms with van der Waals surface area (Å²) in [6.07, 6.45) is 1.11. The second-order valence-corrected chi connectivity index (χ2v) is 4.87. The summed E-state index contributed by atoms with van der Waals surface area (Å²) in [7, 11) is 0. The second kappa shape index (κ2) is 7.33. The van der Waals surface area contributed by atoms with Gasteiger partial charge >= 0.3 is 0 Å². The molecule has 1 aromatic rings. The van der Waals surface area contributed by atoms with Gasteiger partial charge in [0.2, 0.25) is 0 Å². The maximum atomic E-state index is 5.94. The Kier molecular flexibility index (Phi) is 6.06. The summed E-state index contributed by atoms with van der Waals surface area (Å²) in [6.45, 7) is 11.4. The molecule has 2 nitrogen and oxygen atoms in total. The Morgan fingerprint density at radius 2 is 2.06 bits per heavy atom. The lowest BCUT2D eigenvalue weighted by Crippen LogP contribution is -2.14. The molecule has 0 radical (unpaired) electrons. The standard InChI is InChI=1S/C15H25NO/c1-5-16-11-14-8-6-7-13(4)15(14)17-10-9-12(2)3/h6-8,12,16H,5,9-11H2,1-4H3. The first kappa shape index (κ1) is 14.0. The minimum absolute atomic E-state index is 0.691. The minimum Gasteiger partial charge on any atom is -0.493 e. The molecule has 2 heteroatoms. The first-order chi connectivity index (χ1) is 8.15. The Balaban J connectivity index is 2.66. The van der Waals surface area contributed by atoms with Crippen molar-refractivity contribution < 1.29 is 4.74 Å². The summed E-state index contributed by atoms with van der Waals surface area (Å²) in [5, 5.41) is 3.35. The number of benzene rings is 1. The molecule has 0 atom stereocenters. The van der Waals surface area contributed by atoms with Gasteiger partial charge in [-0.05, 0) is 31.4 Å². The number of rotatable bonds is 7. The smallest absolute Gasteiger partial charge is 0.126 e. The van der Waals surface area contributed by atoms with E-state index in [2.05, 4.69) is 51.2 Å². The van der Waals surface area contributed by atoms with E-state index in [1.54, 1.807) is 0 Å². The molecule has 0 unspecified atom stereocenters. The predicted octanol–water partition coefficient (Wildman–Crippen LogP) is 3.53. The lowest BCUT2D eigenvalue weighted by Gasteiger charge is -2.15. The van der Waals surface area contributed by atoms with Gasteiger partial charge in [0.1, 0.15) is 5.75 Å². The first-order valence-electron chi connectivity index (χ1n) is 6.57. The average molecular weight is 235 g/mol. The summed E-state index contributed by atoms with van der Waals surface area (Å²) in [4.78, 5) is 0. The minimum atomic E-state index is 0.691. The highest BCUT2D eigenvalue weighted by molar-refractivity contribution is 5.40. The van der Waals surface area contributed by atoms with Crippen LogP contribution in [0.1, 0.15) is 38.3 Å². The second-order valence-electron chi connectivity index (χ2n) is 4.87. The maximum absolute atomic E-state index is 5.94. The fourth-order valence-electron chi connectivity index (χ4n) is 1.72. The van der Waals surface area contributed by atoms with Crippen LogP contribution < -0.4 is 10.1 Å². The van der Waals surface area contributed by atoms with Gasteiger partial charge in [0.15, 0.2) is 0 Å². The summed E-state index contributed by atoms with van der Waals surface area (Å²) in [6, 6.07) is 6.35. The van der Waals surface area contributed by atoms with Crippen molar-refractivity contribution in [2.45, 2.75) is 40.7 Å². The van der Waals surface area contributed by atoms with E-state index in [0.29, 0.717) is 5.92 Å². The Labute approximate surface area is 105 Å². The van der Waals surface area contributed by atoms with E-state index in [9.17, 15) is 0 Å². The molecular weight excluding hydrogens is 210 g/mol. The van der Waals surface area contributed by atoms with Gasteiger partial charge in [-0.1, -0.05) is 39.0 Å². The van der Waals surface area contributed by atoms with Crippen molar-refractivity contribution in [2.75, 3.05) is 13.2 Å². The normalized spacial score (nSPS) is 10.9. The lowest BCUT2D eigenvalue weighted by molar-refractivity contribution is 0.284. The summed E-state index contributed by atoms with van der Waals surface area (Å²) < 4.78 is 5.94. The number of para-hydroxylation sites is 1. The van der Waals surface area contributed by atoms with Gasteiger partial charge < -0.3 is 10.1 Å². The van der Waals surface area contributed by atoms with E-state index < -0.39 is 0 Å². The van der Waals surface area contributed by atoms with Gasteiger partial charge in [-0.15, -0.1) is 0 Å². The fourth-order valence-corrected chi connectivity index (χ4v) is 1.72. The molecule has 0 aliphatic carbocycles. The van der Waals surface area contributed by atoms with Gasteiger partial charge in [-0.25, -0.2) is 0 Å². The largest absolute Gasteiger partial charge is 0.493 e. The molecule has 0 aromatic heterocycles. The van der Waals surface area contributed by atoms with Crippen LogP contribution in [0.4, 0.5) is 0 Å². The van der Waals surface area contributed by atoms with E-state index in [1.165, 1.54) is 11.1 Å². The Hall–Kier alpha value is -1.02. The molecular formula is C15H25NO. The van der Waals surface area contributed by atoms with Crippen LogP contribution in [0, 0.1) is 12.8 Å². The highest BCUT2D eigenvalue weighted by Gasteiger charge is 2.06. The molecule has 17 heavy (non-hydrogen) atoms. The molecule has 0 heterocycles. The Bertz CT molecular complexity index is 334. The molecule has 0 saturated carbocycles. The predicted molar refractivity (Wildman–Crippen MR) is 73.5 cm³/mol. The van der Waals surface area contributed by atoms with Crippen LogP contribution in [0.5, 0.6) is 5.75 Å². The summed E-state index contributed by atoms with van der Waals surface area (Å²) in [5.41, 5.74) is 2.49. The van der Waals surface area contributed by atoms with Gasteiger partial charge in [-0.3, -0.25) is 0 Å². The highest BCUT2D eigenvalue weighted by Crippen LogP contribution is 2.23. The molecule has 1 aromatic carbocycles. The molecule has 1 rings (SSSR count). The van der Waals surface area contributed by atoms with Crippen molar-refractivity contribution >= 4 is 0 Å². The number of ether oxygens (including phenoxy) is 1. The van der Waals surface area contributed by atoms with E-state index in [-0.39, 0.29) is 0 Å². The van der Waals surface area contributed by atoms with E-state index in [1.807, 2.05) is 0 Å². The van der Waals surface area contributed by atoms with Gasteiger partial charge in [0.05, 0.1) is 6.61 Å². The third-order valence-electron chi connectivity index (χ3n) is 2.80. The van der Waals surface area contributed by atoms with Crippen LogP contribution in [-0.4, -0.2) is 13.2 Å². The van der Waals surface area contributed by atoms with Gasteiger partial charge in [-0.2, -0.15) is 0 Å². The van der Waals surface area contributed by atoms with Crippen LogP contribution in [0.15, 0.2) is 18.2 Å². The quantitative estimate of drug-likeness (QED) is 0.780. The van der Waals surface area contributed by atoms with Crippen LogP contribution in [0.25, 0.3) is 0 Å². The Morgan fingerprint density at radius 3 is 2.71 bits per heavy atom. The lowest BCUT2D eigenvalue weighted by atomic mass is 10.1. The molecule has 0 aliphatic heterocycles. The molecule has 1 N–H and O–H groups in total. The number of nitrogens with one attached hydrogen (secondary N) is 1. The van der Waals surface area contributed by atoms with Gasteiger partial charge in [0, 0.05) is 12.1 Å². The van der Waals surface area contributed by atoms with E-state index in [0.717, 1.165) is 31.9 Å². The molecule has 0 fully saturated rings. The number of hydrogen-bond donors (Lipinski definition) is 1. The third-order valence-corrected chi connectivity index (χ3v) is 2.80. The van der Waals surface area contributed by atoms with Crippen LogP contribution >= 0.6 is 0 Å². The SMILES string of the molecule is CCNCc1cccc(C)c1OCCC(C)C. The molecule has 96 valence electrons. The topological polar surface area (TPSA) is 21.3 Å². The molecule has 0 bridgehead atoms. The van der Waals surface area contributed by atoms with Crippen LogP contribution in [-0.2, 0) is 6.54 Å². The van der Waals surface area contributed by atoms with Crippen molar-refractivity contribution in [1.29, 1.82) is 0 Å². The van der Waals surface area contributed by atoms with Crippen LogP contribution in [0.3, 0.4) is 0 Å². The van der Waals surface area contributed by atoms with E-state index >= 15 is 0 Å². The van der Waals surface area contributed by atoms with Gasteiger partial charge in [0.25, 0.3) is 0 Å². The van der Waals surface area contributed by atoms with Crippen molar-refractivity contribution in [3.63, 3.8) is 0 Å². The summed E-state index contributed by atoms with van der Waals surface area (Å²) >= 11 is 0. The zero-order valence-corrected chi connectivity index (χ0v) is 11.5. The van der Waals surface area contributed by atoms with Crippen molar-refractivity contribution in [1.82, 2.24) is 5.32 Å². The fraction of sp³-hybridized carbons (Fsp3) is 0.600. The van der Waals surface area contributed by atoms with Crippen molar-refractivity contribution in [3.8, 4) is 5.75 Å². The molecule has 0 spiro atoms. The Morgan fingerprint density at radius 1 is 1.29 bits per heavy atom. The molecule has 0 amide bonds. The van der Waals surface area contributed by atoms with E-state index in [4.69, 9.17) is 4.74 Å². The van der Waals surface area contributed by atoms with Crippen molar-refractivity contribution in [3.05, 3.63) is 29.3 Å². The maximum Gasteiger partial charge on any atom is 0.126 e. The summed E-state index contributed by atoms with van der Waals surface area (Å²) in [5.74, 6) is 1.75. The number of hydrogen-bond acceptors (Lipinski definition) is 2. The van der Waals surface area contributed by atoms with Crippen LogP contribution in [0.2, 0.25) is 0 Å². The number of aryl methyl sites for hydroxylation is 1. The molecule has 0 aliphatic rings. The monoisotopic (exact) mass is 235 g/mol. The third kappa shape index (κ3) is 4.78.